The van der Waals surface area contributed by atoms with Crippen molar-refractivity contribution in [2.24, 2.45) is 5.92 Å². The predicted molar refractivity (Wildman–Crippen MR) is 38.0 cm³/mol. The summed E-state index contributed by atoms with van der Waals surface area (Å²) >= 11 is 0. The molecule has 1 unspecified atom stereocenters. The van der Waals surface area contributed by atoms with E-state index in [1.165, 1.54) is 12.0 Å². The van der Waals surface area contributed by atoms with Gasteiger partial charge in [-0.25, -0.2) is 0 Å². The van der Waals surface area contributed by atoms with E-state index in [2.05, 4.69) is 30.0 Å². The molecule has 0 fully saturated rings. The summed E-state index contributed by atoms with van der Waals surface area (Å²) < 4.78 is 0. The van der Waals surface area contributed by atoms with Gasteiger partial charge in [-0.05, 0) is 12.5 Å². The van der Waals surface area contributed by atoms with Gasteiger partial charge in [0.25, 0.3) is 0 Å². The van der Waals surface area contributed by atoms with Gasteiger partial charge in [-0.3, -0.25) is 0 Å². The molecule has 0 spiro atoms. The van der Waals surface area contributed by atoms with Gasteiger partial charge >= 0.3 is 0 Å². The summed E-state index contributed by atoms with van der Waals surface area (Å²) in [6.07, 6.45) is 11.8. The van der Waals surface area contributed by atoms with Crippen molar-refractivity contribution < 1.29 is 0 Å². The first-order valence-electron chi connectivity index (χ1n) is 3.27. The average molecular weight is 116 g/mol. The molecule has 0 N–H and O–H groups in total. The van der Waals surface area contributed by atoms with Crippen molar-refractivity contribution in [1.82, 2.24) is 0 Å². The van der Waals surface area contributed by atoms with Crippen molar-refractivity contribution in [3.63, 3.8) is 0 Å². The van der Waals surface area contributed by atoms with Gasteiger partial charge in [-0.1, -0.05) is 24.3 Å². The maximum Gasteiger partial charge on any atom is 0.0129 e. The highest BCUT2D eigenvalue weighted by Gasteiger charge is 2.12. The average Bonchev–Trinajstić information content (AvgIpc) is 2.33. The molecule has 2 aliphatic carbocycles. The molecule has 0 bridgehead atoms. The Morgan fingerprint density at radius 3 is 3.44 bits per heavy atom. The highest BCUT2D eigenvalue weighted by atomic mass is 14.2. The molecule has 9 heavy (non-hydrogen) atoms. The standard InChI is InChI=1S/C9H8/c1-2-5-9-7-3-6-8(9)4-1/h1-4,7-8H,6H2. The largest absolute Gasteiger partial charge is 0.117 e. The minimum absolute atomic E-state index is 0.648. The molecule has 0 heteroatoms. The van der Waals surface area contributed by atoms with Crippen LogP contribution in [0.1, 0.15) is 6.42 Å². The van der Waals surface area contributed by atoms with E-state index in [1.807, 2.05) is 6.08 Å². The molecule has 44 valence electrons. The minimum atomic E-state index is 0.648. The zero-order valence-electron chi connectivity index (χ0n) is 5.17. The van der Waals surface area contributed by atoms with Crippen LogP contribution in [0.4, 0.5) is 0 Å². The monoisotopic (exact) mass is 116 g/mol. The van der Waals surface area contributed by atoms with Crippen LogP contribution in [-0.4, -0.2) is 0 Å². The van der Waals surface area contributed by atoms with E-state index in [0.29, 0.717) is 5.92 Å². The normalized spacial score (nSPS) is 28.4. The summed E-state index contributed by atoms with van der Waals surface area (Å²) in [7, 11) is 0. The van der Waals surface area contributed by atoms with Crippen LogP contribution < -0.4 is 0 Å². The van der Waals surface area contributed by atoms with Crippen LogP contribution in [0, 0.1) is 5.92 Å². The zero-order chi connectivity index (χ0) is 6.10. The summed E-state index contributed by atoms with van der Waals surface area (Å²) in [5.41, 5.74) is 4.54. The highest BCUT2D eigenvalue weighted by molar-refractivity contribution is 5.35. The number of hydrogen-bond acceptors (Lipinski definition) is 0. The van der Waals surface area contributed by atoms with Crippen LogP contribution in [0.3, 0.4) is 0 Å². The van der Waals surface area contributed by atoms with Crippen LogP contribution in [0.5, 0.6) is 0 Å². The molecule has 0 aliphatic heterocycles. The van der Waals surface area contributed by atoms with E-state index < -0.39 is 0 Å². The Kier molecular flexibility index (Phi) is 0.941. The molecule has 0 nitrogen and oxygen atoms in total. The van der Waals surface area contributed by atoms with Gasteiger partial charge in [0.15, 0.2) is 0 Å². The SMILES string of the molecule is C1=CC=CC2CC=CC=12. The zero-order valence-corrected chi connectivity index (χ0v) is 5.17. The lowest BCUT2D eigenvalue weighted by molar-refractivity contribution is 0.829. The number of allylic oxidation sites excluding steroid dienone is 5. The molecule has 0 saturated carbocycles. The van der Waals surface area contributed by atoms with Crippen LogP contribution in [-0.2, 0) is 0 Å². The Labute approximate surface area is 54.9 Å². The Hall–Kier alpha value is -1.00. The summed E-state index contributed by atoms with van der Waals surface area (Å²) in [5.74, 6) is 0.648. The molecule has 0 amide bonds. The quantitative estimate of drug-likeness (QED) is 0.426. The van der Waals surface area contributed by atoms with Crippen molar-refractivity contribution in [3.8, 4) is 0 Å². The van der Waals surface area contributed by atoms with Crippen molar-refractivity contribution in [3.05, 3.63) is 41.7 Å². The van der Waals surface area contributed by atoms with Crippen molar-refractivity contribution in [2.45, 2.75) is 6.42 Å². The van der Waals surface area contributed by atoms with E-state index in [9.17, 15) is 0 Å². The minimum Gasteiger partial charge on any atom is -0.117 e. The van der Waals surface area contributed by atoms with Gasteiger partial charge in [0.2, 0.25) is 0 Å². The van der Waals surface area contributed by atoms with E-state index in [0.717, 1.165) is 0 Å². The van der Waals surface area contributed by atoms with Crippen LogP contribution in [0.15, 0.2) is 41.7 Å². The molecular weight excluding hydrogens is 108 g/mol. The maximum absolute atomic E-state index is 3.20. The molecule has 1 atom stereocenters. The van der Waals surface area contributed by atoms with Crippen LogP contribution in [0.25, 0.3) is 0 Å². The number of rotatable bonds is 0. The highest BCUT2D eigenvalue weighted by Crippen LogP contribution is 2.26. The number of hydrogen-bond donors (Lipinski definition) is 0. The van der Waals surface area contributed by atoms with Crippen molar-refractivity contribution in [2.75, 3.05) is 0 Å². The smallest absolute Gasteiger partial charge is 0.0129 e. The fourth-order valence-electron chi connectivity index (χ4n) is 1.26. The predicted octanol–water partition coefficient (Wildman–Crippen LogP) is 2.21. The first kappa shape index (κ1) is 4.84. The molecule has 2 aliphatic rings. The lowest BCUT2D eigenvalue weighted by Crippen LogP contribution is -1.92. The third-order valence-corrected chi connectivity index (χ3v) is 1.78. The van der Waals surface area contributed by atoms with E-state index in [-0.39, 0.29) is 0 Å². The lowest BCUT2D eigenvalue weighted by Gasteiger charge is -2.04. The summed E-state index contributed by atoms with van der Waals surface area (Å²) in [6.45, 7) is 0. The Morgan fingerprint density at radius 1 is 1.56 bits per heavy atom. The summed E-state index contributed by atoms with van der Waals surface area (Å²) in [5, 5.41) is 0. The number of fused-ring (bicyclic) bond motifs is 1. The van der Waals surface area contributed by atoms with E-state index in [4.69, 9.17) is 0 Å². The first-order chi connectivity index (χ1) is 4.47. The van der Waals surface area contributed by atoms with Gasteiger partial charge < -0.3 is 0 Å². The Balaban J connectivity index is 2.48. The van der Waals surface area contributed by atoms with Gasteiger partial charge in [-0.2, -0.15) is 0 Å². The summed E-state index contributed by atoms with van der Waals surface area (Å²) in [6, 6.07) is 0. The lowest BCUT2D eigenvalue weighted by atomic mass is 10.00. The van der Waals surface area contributed by atoms with Gasteiger partial charge in [0.1, 0.15) is 0 Å². The molecule has 0 aromatic heterocycles. The molecule has 0 saturated heterocycles. The third kappa shape index (κ3) is 0.684. The second kappa shape index (κ2) is 1.75. The van der Waals surface area contributed by atoms with Gasteiger partial charge in [0, 0.05) is 11.5 Å². The molecule has 0 heterocycles. The molecule has 0 aromatic carbocycles. The molecule has 0 radical (unpaired) electrons. The van der Waals surface area contributed by atoms with Gasteiger partial charge in [-0.15, -0.1) is 5.73 Å². The Morgan fingerprint density at radius 2 is 2.56 bits per heavy atom. The fourth-order valence-corrected chi connectivity index (χ4v) is 1.26. The Bertz CT molecular complexity index is 235. The summed E-state index contributed by atoms with van der Waals surface area (Å²) in [4.78, 5) is 0. The first-order valence-corrected chi connectivity index (χ1v) is 3.27. The maximum atomic E-state index is 3.20. The van der Waals surface area contributed by atoms with Crippen LogP contribution in [0.2, 0.25) is 0 Å². The third-order valence-electron chi connectivity index (χ3n) is 1.78. The van der Waals surface area contributed by atoms with E-state index in [1.54, 1.807) is 0 Å². The van der Waals surface area contributed by atoms with E-state index >= 15 is 0 Å². The molecular formula is C9H8. The second-order valence-electron chi connectivity index (χ2n) is 2.40. The van der Waals surface area contributed by atoms with Gasteiger partial charge in [0.05, 0.1) is 0 Å². The van der Waals surface area contributed by atoms with Crippen molar-refractivity contribution in [1.29, 1.82) is 0 Å². The van der Waals surface area contributed by atoms with Crippen molar-refractivity contribution >= 4 is 0 Å². The second-order valence-corrected chi connectivity index (χ2v) is 2.40. The fraction of sp³-hybridized carbons (Fsp3) is 0.222. The van der Waals surface area contributed by atoms with Crippen LogP contribution >= 0.6 is 0 Å². The molecule has 2 rings (SSSR count). The molecule has 0 aromatic rings. The topological polar surface area (TPSA) is 0 Å².